The minimum absolute atomic E-state index is 0.158. The molecule has 0 radical (unpaired) electrons. The zero-order valence-electron chi connectivity index (χ0n) is 13.2. The Kier molecular flexibility index (Phi) is 4.76. The molecule has 2 heterocycles. The van der Waals surface area contributed by atoms with Gasteiger partial charge in [-0.15, -0.1) is 0 Å². The average Bonchev–Trinajstić information content (AvgIpc) is 2.58. The van der Waals surface area contributed by atoms with E-state index in [0.717, 1.165) is 12.5 Å². The maximum Gasteiger partial charge on any atom is 0.165 e. The number of anilines is 1. The van der Waals surface area contributed by atoms with Gasteiger partial charge in [-0.1, -0.05) is 6.07 Å². The highest BCUT2D eigenvalue weighted by Crippen LogP contribution is 2.36. The van der Waals surface area contributed by atoms with Crippen molar-refractivity contribution in [3.63, 3.8) is 0 Å². The summed E-state index contributed by atoms with van der Waals surface area (Å²) in [6.45, 7) is 0.838. The van der Waals surface area contributed by atoms with Gasteiger partial charge in [0.25, 0.3) is 0 Å². The molecule has 1 saturated heterocycles. The van der Waals surface area contributed by atoms with Crippen LogP contribution in [0.5, 0.6) is 0 Å². The Morgan fingerprint density at radius 2 is 2.00 bits per heavy atom. The first-order valence-electron chi connectivity index (χ1n) is 7.93. The minimum Gasteiger partial charge on any atom is -0.396 e. The van der Waals surface area contributed by atoms with Gasteiger partial charge in [0.05, 0.1) is 6.61 Å². The number of hydrogen-bond donors (Lipinski definition) is 1. The summed E-state index contributed by atoms with van der Waals surface area (Å²) in [6, 6.07) is 6.33. The second-order valence-corrected chi connectivity index (χ2v) is 6.40. The summed E-state index contributed by atoms with van der Waals surface area (Å²) in [7, 11) is 0. The average molecular weight is 336 g/mol. The predicted octanol–water partition coefficient (Wildman–Crippen LogP) is 3.32. The van der Waals surface area contributed by atoms with Gasteiger partial charge in [-0.3, -0.25) is 0 Å². The minimum atomic E-state index is -0.630. The highest BCUT2D eigenvalue weighted by atomic mass is 19.1. The van der Waals surface area contributed by atoms with E-state index in [4.69, 9.17) is 0 Å². The standard InChI is InChI=1S/C18H19F3N2O/c19-14-5-4-13(16(21)9-14)10-18(12-24)6-2-8-23(11-18)17-15(20)3-1-7-22-17/h1,3-5,7,9,24H,2,6,8,10-12H2/t18-/m0/s1. The van der Waals surface area contributed by atoms with Crippen molar-refractivity contribution in [2.24, 2.45) is 5.41 Å². The topological polar surface area (TPSA) is 36.4 Å². The molecule has 128 valence electrons. The van der Waals surface area contributed by atoms with Crippen molar-refractivity contribution in [2.75, 3.05) is 24.6 Å². The second kappa shape index (κ2) is 6.81. The normalized spacial score (nSPS) is 21.1. The fraction of sp³-hybridized carbons (Fsp3) is 0.389. The summed E-state index contributed by atoms with van der Waals surface area (Å²) < 4.78 is 41.1. The molecule has 0 bridgehead atoms. The van der Waals surface area contributed by atoms with Crippen molar-refractivity contribution in [1.29, 1.82) is 0 Å². The number of aliphatic hydroxyl groups is 1. The lowest BCUT2D eigenvalue weighted by atomic mass is 9.75. The molecule has 6 heteroatoms. The monoisotopic (exact) mass is 336 g/mol. The summed E-state index contributed by atoms with van der Waals surface area (Å²) in [5, 5.41) is 9.94. The van der Waals surface area contributed by atoms with Gasteiger partial charge in [-0.25, -0.2) is 18.2 Å². The predicted molar refractivity (Wildman–Crippen MR) is 85.2 cm³/mol. The Bertz CT molecular complexity index is 725. The number of halogens is 3. The molecule has 2 aromatic rings. The van der Waals surface area contributed by atoms with E-state index in [-0.39, 0.29) is 18.8 Å². The maximum absolute atomic E-state index is 14.0. The summed E-state index contributed by atoms with van der Waals surface area (Å²) >= 11 is 0. The fourth-order valence-electron chi connectivity index (χ4n) is 3.40. The molecule has 1 aliphatic heterocycles. The number of pyridine rings is 1. The van der Waals surface area contributed by atoms with Crippen molar-refractivity contribution < 1.29 is 18.3 Å². The van der Waals surface area contributed by atoms with Crippen LogP contribution in [0.15, 0.2) is 36.5 Å². The fourth-order valence-corrected chi connectivity index (χ4v) is 3.40. The molecule has 1 fully saturated rings. The van der Waals surface area contributed by atoms with E-state index in [1.54, 1.807) is 4.90 Å². The van der Waals surface area contributed by atoms with Gasteiger partial charge < -0.3 is 10.0 Å². The molecule has 0 spiro atoms. The molecule has 0 aliphatic carbocycles. The third-order valence-electron chi connectivity index (χ3n) is 4.62. The van der Waals surface area contributed by atoms with E-state index < -0.39 is 22.9 Å². The van der Waals surface area contributed by atoms with E-state index in [1.807, 2.05) is 0 Å². The van der Waals surface area contributed by atoms with Crippen LogP contribution in [0.3, 0.4) is 0 Å². The largest absolute Gasteiger partial charge is 0.396 e. The molecule has 1 aliphatic rings. The summed E-state index contributed by atoms with van der Waals surface area (Å²) in [5.74, 6) is -1.42. The Morgan fingerprint density at radius 1 is 1.17 bits per heavy atom. The number of aliphatic hydroxyl groups excluding tert-OH is 1. The number of nitrogens with zero attached hydrogens (tertiary/aromatic N) is 2. The molecule has 0 amide bonds. The number of aromatic nitrogens is 1. The molecule has 3 nitrogen and oxygen atoms in total. The second-order valence-electron chi connectivity index (χ2n) is 6.40. The molecular formula is C18H19F3N2O. The van der Waals surface area contributed by atoms with Gasteiger partial charge in [0.1, 0.15) is 11.6 Å². The van der Waals surface area contributed by atoms with Crippen LogP contribution >= 0.6 is 0 Å². The molecule has 1 atom stereocenters. The van der Waals surface area contributed by atoms with E-state index in [2.05, 4.69) is 4.98 Å². The third kappa shape index (κ3) is 3.38. The number of benzene rings is 1. The summed E-state index contributed by atoms with van der Waals surface area (Å²) in [4.78, 5) is 5.87. The summed E-state index contributed by atoms with van der Waals surface area (Å²) in [6.07, 6.45) is 3.21. The highest BCUT2D eigenvalue weighted by molar-refractivity contribution is 5.41. The molecule has 1 aromatic carbocycles. The van der Waals surface area contributed by atoms with Gasteiger partial charge in [0.2, 0.25) is 0 Å². The van der Waals surface area contributed by atoms with Crippen LogP contribution in [0.1, 0.15) is 18.4 Å². The van der Waals surface area contributed by atoms with Crippen molar-refractivity contribution in [1.82, 2.24) is 4.98 Å². The third-order valence-corrected chi connectivity index (χ3v) is 4.62. The number of rotatable bonds is 4. The molecular weight excluding hydrogens is 317 g/mol. The van der Waals surface area contributed by atoms with Gasteiger partial charge in [-0.05, 0) is 43.0 Å². The molecule has 0 unspecified atom stereocenters. The number of piperidine rings is 1. The van der Waals surface area contributed by atoms with Crippen LogP contribution in [0.25, 0.3) is 0 Å². The van der Waals surface area contributed by atoms with Gasteiger partial charge in [0, 0.05) is 30.8 Å². The van der Waals surface area contributed by atoms with E-state index >= 15 is 0 Å². The zero-order valence-corrected chi connectivity index (χ0v) is 13.2. The first-order chi connectivity index (χ1) is 11.5. The van der Waals surface area contributed by atoms with Crippen LogP contribution in [-0.4, -0.2) is 29.8 Å². The van der Waals surface area contributed by atoms with Crippen LogP contribution in [0.4, 0.5) is 19.0 Å². The van der Waals surface area contributed by atoms with Crippen LogP contribution in [0, 0.1) is 22.9 Å². The SMILES string of the molecule is OC[C@]1(Cc2ccc(F)cc2F)CCCN(c2ncccc2F)C1. The maximum atomic E-state index is 14.0. The van der Waals surface area contributed by atoms with Crippen molar-refractivity contribution >= 4 is 5.82 Å². The summed E-state index contributed by atoms with van der Waals surface area (Å²) in [5.41, 5.74) is -0.255. The van der Waals surface area contributed by atoms with Gasteiger partial charge >= 0.3 is 0 Å². The van der Waals surface area contributed by atoms with Crippen LogP contribution in [-0.2, 0) is 6.42 Å². The highest BCUT2D eigenvalue weighted by Gasteiger charge is 2.37. The molecule has 0 saturated carbocycles. The Labute approximate surface area is 138 Å². The zero-order chi connectivity index (χ0) is 17.2. The van der Waals surface area contributed by atoms with Crippen molar-refractivity contribution in [3.05, 3.63) is 59.5 Å². The Hall–Kier alpha value is -2.08. The Balaban J connectivity index is 1.85. The first-order valence-corrected chi connectivity index (χ1v) is 7.93. The quantitative estimate of drug-likeness (QED) is 0.930. The van der Waals surface area contributed by atoms with Crippen molar-refractivity contribution in [3.8, 4) is 0 Å². The molecule has 1 aromatic heterocycles. The number of hydrogen-bond acceptors (Lipinski definition) is 3. The first kappa shape index (κ1) is 16.8. The molecule has 24 heavy (non-hydrogen) atoms. The lowest BCUT2D eigenvalue weighted by Crippen LogP contribution is -2.47. The van der Waals surface area contributed by atoms with E-state index in [1.165, 1.54) is 30.5 Å². The molecule has 3 rings (SSSR count). The smallest absolute Gasteiger partial charge is 0.165 e. The van der Waals surface area contributed by atoms with Gasteiger partial charge in [0.15, 0.2) is 11.6 Å². The van der Waals surface area contributed by atoms with Crippen molar-refractivity contribution in [2.45, 2.75) is 19.3 Å². The lowest BCUT2D eigenvalue weighted by molar-refractivity contribution is 0.104. The lowest BCUT2D eigenvalue weighted by Gasteiger charge is -2.42. The molecule has 1 N–H and O–H groups in total. The van der Waals surface area contributed by atoms with Crippen LogP contribution < -0.4 is 4.90 Å². The Morgan fingerprint density at radius 3 is 2.71 bits per heavy atom. The van der Waals surface area contributed by atoms with Gasteiger partial charge in [-0.2, -0.15) is 0 Å². The van der Waals surface area contributed by atoms with E-state index in [0.29, 0.717) is 25.1 Å². The van der Waals surface area contributed by atoms with E-state index in [9.17, 15) is 18.3 Å². The van der Waals surface area contributed by atoms with Crippen LogP contribution in [0.2, 0.25) is 0 Å².